The van der Waals surface area contributed by atoms with Gasteiger partial charge < -0.3 is 10.8 Å². The van der Waals surface area contributed by atoms with Gasteiger partial charge in [0.05, 0.1) is 5.60 Å². The van der Waals surface area contributed by atoms with E-state index >= 15 is 0 Å². The number of unbranched alkanes of at least 4 members (excludes halogenated alkanes) is 1. The van der Waals surface area contributed by atoms with Crippen molar-refractivity contribution in [1.82, 2.24) is 0 Å². The first-order valence-electron chi connectivity index (χ1n) is 3.96. The van der Waals surface area contributed by atoms with Crippen molar-refractivity contribution in [2.45, 2.75) is 51.7 Å². The van der Waals surface area contributed by atoms with Crippen molar-refractivity contribution in [3.05, 3.63) is 0 Å². The third kappa shape index (κ3) is 6.60. The van der Waals surface area contributed by atoms with E-state index in [4.69, 9.17) is 5.73 Å². The Morgan fingerprint density at radius 1 is 1.45 bits per heavy atom. The van der Waals surface area contributed by atoms with Crippen LogP contribution in [0, 0.1) is 0 Å². The smallest absolute Gasteiger partial charge is 0.0741 e. The predicted molar refractivity (Wildman–Crippen MR) is 51.0 cm³/mol. The zero-order valence-corrected chi connectivity index (χ0v) is 8.45. The van der Waals surface area contributed by atoms with E-state index in [1.165, 1.54) is 0 Å². The number of halogens is 1. The van der Waals surface area contributed by atoms with Gasteiger partial charge in [-0.15, -0.1) is 12.4 Å². The average molecular weight is 182 g/mol. The van der Waals surface area contributed by atoms with E-state index in [1.54, 1.807) is 13.8 Å². The molecule has 2 nitrogen and oxygen atoms in total. The molecular formula is C8H20ClNO. The van der Waals surface area contributed by atoms with Gasteiger partial charge in [-0.25, -0.2) is 0 Å². The topological polar surface area (TPSA) is 46.2 Å². The summed E-state index contributed by atoms with van der Waals surface area (Å²) in [5.74, 6) is 0. The zero-order valence-electron chi connectivity index (χ0n) is 7.63. The van der Waals surface area contributed by atoms with Crippen LogP contribution in [0.5, 0.6) is 0 Å². The van der Waals surface area contributed by atoms with Gasteiger partial charge in [-0.2, -0.15) is 0 Å². The number of hydrogen-bond donors (Lipinski definition) is 2. The van der Waals surface area contributed by atoms with Crippen LogP contribution in [0.2, 0.25) is 0 Å². The van der Waals surface area contributed by atoms with Gasteiger partial charge in [-0.1, -0.05) is 19.8 Å². The summed E-state index contributed by atoms with van der Waals surface area (Å²) in [6, 6.07) is -0.0764. The van der Waals surface area contributed by atoms with Crippen LogP contribution in [0.25, 0.3) is 0 Å². The molecule has 0 rings (SSSR count). The van der Waals surface area contributed by atoms with Gasteiger partial charge in [-0.3, -0.25) is 0 Å². The van der Waals surface area contributed by atoms with E-state index in [9.17, 15) is 5.11 Å². The SMILES string of the molecule is CCCC[C@@H](N)C(C)(C)O.Cl. The Morgan fingerprint density at radius 2 is 1.91 bits per heavy atom. The van der Waals surface area contributed by atoms with Crippen molar-refractivity contribution in [2.75, 3.05) is 0 Å². The molecule has 3 heteroatoms. The minimum Gasteiger partial charge on any atom is -0.389 e. The minimum atomic E-state index is -0.713. The van der Waals surface area contributed by atoms with Crippen LogP contribution in [-0.4, -0.2) is 16.7 Å². The maximum absolute atomic E-state index is 9.39. The molecule has 1 atom stereocenters. The van der Waals surface area contributed by atoms with Gasteiger partial charge in [0.2, 0.25) is 0 Å². The van der Waals surface area contributed by atoms with Crippen LogP contribution < -0.4 is 5.73 Å². The summed E-state index contributed by atoms with van der Waals surface area (Å²) in [5, 5.41) is 9.39. The van der Waals surface area contributed by atoms with Crippen molar-refractivity contribution >= 4 is 12.4 Å². The molecule has 0 fully saturated rings. The molecule has 3 N–H and O–H groups in total. The molecule has 0 radical (unpaired) electrons. The molecule has 0 saturated heterocycles. The number of rotatable bonds is 4. The molecule has 0 bridgehead atoms. The molecule has 0 heterocycles. The van der Waals surface area contributed by atoms with Crippen LogP contribution in [-0.2, 0) is 0 Å². The summed E-state index contributed by atoms with van der Waals surface area (Å²) >= 11 is 0. The highest BCUT2D eigenvalue weighted by Crippen LogP contribution is 2.11. The molecule has 0 unspecified atom stereocenters. The van der Waals surface area contributed by atoms with E-state index in [0.717, 1.165) is 19.3 Å². The lowest BCUT2D eigenvalue weighted by molar-refractivity contribution is 0.0484. The monoisotopic (exact) mass is 181 g/mol. The second kappa shape index (κ2) is 5.81. The summed E-state index contributed by atoms with van der Waals surface area (Å²) in [7, 11) is 0. The Bertz CT molecular complexity index is 90.6. The Balaban J connectivity index is 0. The molecule has 0 amide bonds. The first-order chi connectivity index (χ1) is 4.48. The minimum absolute atomic E-state index is 0. The van der Waals surface area contributed by atoms with E-state index in [1.807, 2.05) is 0 Å². The van der Waals surface area contributed by atoms with Crippen molar-refractivity contribution in [1.29, 1.82) is 0 Å². The van der Waals surface area contributed by atoms with Crippen LogP contribution in [0.15, 0.2) is 0 Å². The number of nitrogens with two attached hydrogens (primary N) is 1. The first-order valence-corrected chi connectivity index (χ1v) is 3.96. The van der Waals surface area contributed by atoms with Gasteiger partial charge >= 0.3 is 0 Å². The zero-order chi connectivity index (χ0) is 8.20. The Hall–Kier alpha value is 0.210. The second-order valence-electron chi connectivity index (χ2n) is 3.40. The number of hydrogen-bond acceptors (Lipinski definition) is 2. The lowest BCUT2D eigenvalue weighted by Crippen LogP contribution is -2.42. The molecule has 0 spiro atoms. The van der Waals surface area contributed by atoms with Crippen LogP contribution >= 0.6 is 12.4 Å². The molecule has 0 saturated carbocycles. The standard InChI is InChI=1S/C8H19NO.ClH/c1-4-5-6-7(9)8(2,3)10;/h7,10H,4-6,9H2,1-3H3;1H/t7-;/m1./s1. The average Bonchev–Trinajstić information content (AvgIpc) is 1.80. The summed E-state index contributed by atoms with van der Waals surface area (Å²) in [5.41, 5.74) is 4.97. The number of aliphatic hydroxyl groups is 1. The summed E-state index contributed by atoms with van der Waals surface area (Å²) in [6.07, 6.45) is 3.16. The third-order valence-electron chi connectivity index (χ3n) is 1.78. The molecule has 11 heavy (non-hydrogen) atoms. The van der Waals surface area contributed by atoms with E-state index in [0.29, 0.717) is 0 Å². The van der Waals surface area contributed by atoms with E-state index in [2.05, 4.69) is 6.92 Å². The molecule has 0 aliphatic carbocycles. The quantitative estimate of drug-likeness (QED) is 0.694. The van der Waals surface area contributed by atoms with Crippen LogP contribution in [0.1, 0.15) is 40.0 Å². The van der Waals surface area contributed by atoms with Crippen LogP contribution in [0.3, 0.4) is 0 Å². The fourth-order valence-corrected chi connectivity index (χ4v) is 0.777. The third-order valence-corrected chi connectivity index (χ3v) is 1.78. The highest BCUT2D eigenvalue weighted by atomic mass is 35.5. The Kier molecular flexibility index (Phi) is 7.28. The Labute approximate surface area is 75.6 Å². The van der Waals surface area contributed by atoms with Gasteiger partial charge in [0, 0.05) is 6.04 Å². The lowest BCUT2D eigenvalue weighted by Gasteiger charge is -2.25. The Morgan fingerprint density at radius 3 is 2.18 bits per heavy atom. The molecule has 70 valence electrons. The summed E-state index contributed by atoms with van der Waals surface area (Å²) in [6.45, 7) is 5.64. The largest absolute Gasteiger partial charge is 0.389 e. The van der Waals surface area contributed by atoms with Crippen molar-refractivity contribution in [3.63, 3.8) is 0 Å². The molecular weight excluding hydrogens is 162 g/mol. The molecule has 0 aromatic heterocycles. The van der Waals surface area contributed by atoms with Crippen molar-refractivity contribution < 1.29 is 5.11 Å². The fourth-order valence-electron chi connectivity index (χ4n) is 0.777. The second-order valence-corrected chi connectivity index (χ2v) is 3.40. The highest BCUT2D eigenvalue weighted by Gasteiger charge is 2.21. The predicted octanol–water partition coefficient (Wildman–Crippen LogP) is 1.70. The van der Waals surface area contributed by atoms with Crippen LogP contribution in [0.4, 0.5) is 0 Å². The summed E-state index contributed by atoms with van der Waals surface area (Å²) in [4.78, 5) is 0. The molecule has 0 aromatic carbocycles. The van der Waals surface area contributed by atoms with Gasteiger partial charge in [0.25, 0.3) is 0 Å². The highest BCUT2D eigenvalue weighted by molar-refractivity contribution is 5.85. The molecule has 0 aliphatic rings. The van der Waals surface area contributed by atoms with Gasteiger partial charge in [0.15, 0.2) is 0 Å². The normalized spacial score (nSPS) is 13.9. The molecule has 0 aliphatic heterocycles. The molecule has 0 aromatic rings. The lowest BCUT2D eigenvalue weighted by atomic mass is 9.95. The van der Waals surface area contributed by atoms with E-state index < -0.39 is 5.60 Å². The maximum atomic E-state index is 9.39. The fraction of sp³-hybridized carbons (Fsp3) is 1.00. The van der Waals surface area contributed by atoms with Crippen molar-refractivity contribution in [2.24, 2.45) is 5.73 Å². The maximum Gasteiger partial charge on any atom is 0.0741 e. The van der Waals surface area contributed by atoms with E-state index in [-0.39, 0.29) is 18.4 Å². The first kappa shape index (κ1) is 13.8. The summed E-state index contributed by atoms with van der Waals surface area (Å²) < 4.78 is 0. The van der Waals surface area contributed by atoms with Crippen molar-refractivity contribution in [3.8, 4) is 0 Å². The van der Waals surface area contributed by atoms with Gasteiger partial charge in [-0.05, 0) is 20.3 Å². The van der Waals surface area contributed by atoms with Gasteiger partial charge in [0.1, 0.15) is 0 Å².